The fourth-order valence-electron chi connectivity index (χ4n) is 3.64. The number of alkyl carbamates (subject to hydrolysis) is 1. The van der Waals surface area contributed by atoms with E-state index in [-0.39, 0.29) is 12.6 Å². The zero-order valence-corrected chi connectivity index (χ0v) is 19.6. The van der Waals surface area contributed by atoms with Crippen LogP contribution >= 0.6 is 15.9 Å². The molecular weight excluding hydrogens is 466 g/mol. The van der Waals surface area contributed by atoms with Crippen LogP contribution in [0.1, 0.15) is 43.6 Å². The van der Waals surface area contributed by atoms with Crippen LogP contribution in [0.5, 0.6) is 0 Å². The van der Waals surface area contributed by atoms with E-state index in [1.54, 1.807) is 0 Å². The number of carbonyl (C=O) groups excluding carboxylic acids is 1. The first-order chi connectivity index (χ1) is 15.6. The van der Waals surface area contributed by atoms with Crippen molar-refractivity contribution in [2.24, 2.45) is 0 Å². The number of aromatic nitrogens is 2. The molecule has 0 saturated carbocycles. The third kappa shape index (κ3) is 5.56. The summed E-state index contributed by atoms with van der Waals surface area (Å²) in [7, 11) is 0. The molecule has 4 aromatic rings. The fraction of sp³-hybridized carbons (Fsp3) is 0.231. The van der Waals surface area contributed by atoms with Gasteiger partial charge in [0.2, 0.25) is 0 Å². The largest absolute Gasteiger partial charge is 0.445 e. The molecule has 1 aromatic heterocycles. The van der Waals surface area contributed by atoms with Crippen molar-refractivity contribution >= 4 is 32.8 Å². The van der Waals surface area contributed by atoms with Gasteiger partial charge in [0.1, 0.15) is 12.4 Å². The first-order valence-electron chi connectivity index (χ1n) is 10.8. The standard InChI is InChI=1S/C26H26BrN3O2/c1-2-3-9-23(30-26(31)32-17-18-7-5-4-6-8-18)25-28-16-24(29-25)21-11-10-20-15-22(27)13-12-19(20)14-21/h4-8,10-16,23H,2-3,9,17H2,1H3,(H,28,29)(H,30,31). The molecule has 0 spiro atoms. The lowest BCUT2D eigenvalue weighted by Gasteiger charge is -2.16. The fourth-order valence-corrected chi connectivity index (χ4v) is 4.02. The van der Waals surface area contributed by atoms with Crippen LogP contribution in [-0.4, -0.2) is 16.1 Å². The summed E-state index contributed by atoms with van der Waals surface area (Å²) in [5.74, 6) is 0.737. The average molecular weight is 492 g/mol. The molecule has 0 fully saturated rings. The predicted octanol–water partition coefficient (Wildman–Crippen LogP) is 7.15. The average Bonchev–Trinajstić information content (AvgIpc) is 3.31. The smallest absolute Gasteiger partial charge is 0.408 e. The molecular formula is C26H26BrN3O2. The molecule has 5 nitrogen and oxygen atoms in total. The van der Waals surface area contributed by atoms with Gasteiger partial charge in [0, 0.05) is 10.0 Å². The van der Waals surface area contributed by atoms with Gasteiger partial charge in [-0.15, -0.1) is 0 Å². The van der Waals surface area contributed by atoms with Crippen molar-refractivity contribution in [2.75, 3.05) is 0 Å². The first-order valence-corrected chi connectivity index (χ1v) is 11.6. The molecule has 0 aliphatic carbocycles. The lowest BCUT2D eigenvalue weighted by atomic mass is 10.1. The number of ether oxygens (including phenoxy) is 1. The summed E-state index contributed by atoms with van der Waals surface area (Å²) in [4.78, 5) is 20.4. The lowest BCUT2D eigenvalue weighted by molar-refractivity contribution is 0.134. The lowest BCUT2D eigenvalue weighted by Crippen LogP contribution is -2.29. The van der Waals surface area contributed by atoms with Crippen molar-refractivity contribution in [1.29, 1.82) is 0 Å². The van der Waals surface area contributed by atoms with Crippen LogP contribution in [0.15, 0.2) is 77.4 Å². The van der Waals surface area contributed by atoms with E-state index in [0.717, 1.165) is 51.8 Å². The van der Waals surface area contributed by atoms with Gasteiger partial charge in [-0.2, -0.15) is 0 Å². The normalized spacial score (nSPS) is 11.9. The third-order valence-corrected chi connectivity index (χ3v) is 5.88. The molecule has 1 unspecified atom stereocenters. The number of nitrogens with zero attached hydrogens (tertiary/aromatic N) is 1. The van der Waals surface area contributed by atoms with Crippen molar-refractivity contribution < 1.29 is 9.53 Å². The Labute approximate surface area is 196 Å². The molecule has 0 saturated heterocycles. The van der Waals surface area contributed by atoms with Crippen LogP contribution in [0, 0.1) is 0 Å². The highest BCUT2D eigenvalue weighted by atomic mass is 79.9. The highest BCUT2D eigenvalue weighted by Gasteiger charge is 2.19. The number of unbranched alkanes of at least 4 members (excludes halogenated alkanes) is 1. The Bertz CT molecular complexity index is 1190. The molecule has 32 heavy (non-hydrogen) atoms. The second-order valence-corrected chi connectivity index (χ2v) is 8.70. The molecule has 1 atom stereocenters. The number of hydrogen-bond donors (Lipinski definition) is 2. The zero-order chi connectivity index (χ0) is 22.3. The molecule has 3 aromatic carbocycles. The van der Waals surface area contributed by atoms with Crippen LogP contribution in [0.3, 0.4) is 0 Å². The quantitative estimate of drug-likeness (QED) is 0.275. The molecule has 4 rings (SSSR count). The Kier molecular flexibility index (Phi) is 7.22. The number of aromatic amines is 1. The number of imidazole rings is 1. The molecule has 1 heterocycles. The minimum Gasteiger partial charge on any atom is -0.445 e. The number of hydrogen-bond acceptors (Lipinski definition) is 3. The minimum absolute atomic E-state index is 0.233. The highest BCUT2D eigenvalue weighted by Crippen LogP contribution is 2.27. The maximum Gasteiger partial charge on any atom is 0.408 e. The van der Waals surface area contributed by atoms with Crippen molar-refractivity contribution in [1.82, 2.24) is 15.3 Å². The summed E-state index contributed by atoms with van der Waals surface area (Å²) in [6, 6.07) is 22.0. The summed E-state index contributed by atoms with van der Waals surface area (Å²) >= 11 is 3.52. The monoisotopic (exact) mass is 491 g/mol. The van der Waals surface area contributed by atoms with Crippen LogP contribution in [0.25, 0.3) is 22.0 Å². The van der Waals surface area contributed by atoms with Crippen LogP contribution < -0.4 is 5.32 Å². The Hall–Kier alpha value is -3.12. The van der Waals surface area contributed by atoms with Gasteiger partial charge in [-0.25, -0.2) is 9.78 Å². The highest BCUT2D eigenvalue weighted by molar-refractivity contribution is 9.10. The van der Waals surface area contributed by atoms with Crippen LogP contribution in [-0.2, 0) is 11.3 Å². The molecule has 2 N–H and O–H groups in total. The number of nitrogens with one attached hydrogen (secondary N) is 2. The Morgan fingerprint density at radius 2 is 1.88 bits per heavy atom. The number of fused-ring (bicyclic) bond motifs is 1. The number of rotatable bonds is 8. The van der Waals surface area contributed by atoms with E-state index in [9.17, 15) is 4.79 Å². The van der Waals surface area contributed by atoms with E-state index >= 15 is 0 Å². The van der Waals surface area contributed by atoms with Gasteiger partial charge in [-0.1, -0.05) is 84.2 Å². The molecule has 1 amide bonds. The van der Waals surface area contributed by atoms with Crippen molar-refractivity contribution in [3.63, 3.8) is 0 Å². The van der Waals surface area contributed by atoms with Crippen molar-refractivity contribution in [2.45, 2.75) is 38.8 Å². The Balaban J connectivity index is 1.48. The first kappa shape index (κ1) is 22.1. The van der Waals surface area contributed by atoms with E-state index in [1.807, 2.05) is 42.6 Å². The second-order valence-electron chi connectivity index (χ2n) is 7.79. The van der Waals surface area contributed by atoms with E-state index in [1.165, 1.54) is 5.39 Å². The van der Waals surface area contributed by atoms with Gasteiger partial charge in [0.05, 0.1) is 17.9 Å². The Morgan fingerprint density at radius 1 is 1.09 bits per heavy atom. The summed E-state index contributed by atoms with van der Waals surface area (Å²) in [5.41, 5.74) is 2.93. The molecule has 6 heteroatoms. The predicted molar refractivity (Wildman–Crippen MR) is 131 cm³/mol. The number of H-pyrrole nitrogens is 1. The molecule has 0 aliphatic rings. The molecule has 0 aliphatic heterocycles. The van der Waals surface area contributed by atoms with E-state index < -0.39 is 6.09 Å². The SMILES string of the molecule is CCCCC(NC(=O)OCc1ccccc1)c1ncc(-c2ccc3cc(Br)ccc3c2)[nH]1. The summed E-state index contributed by atoms with van der Waals surface area (Å²) in [6.45, 7) is 2.37. The summed E-state index contributed by atoms with van der Waals surface area (Å²) in [6.07, 6.45) is 4.18. The van der Waals surface area contributed by atoms with Gasteiger partial charge in [0.25, 0.3) is 0 Å². The molecule has 0 radical (unpaired) electrons. The summed E-state index contributed by atoms with van der Waals surface area (Å²) in [5, 5.41) is 5.31. The molecule has 0 bridgehead atoms. The van der Waals surface area contributed by atoms with Gasteiger partial charge >= 0.3 is 6.09 Å². The van der Waals surface area contributed by atoms with Crippen LogP contribution in [0.2, 0.25) is 0 Å². The van der Waals surface area contributed by atoms with Gasteiger partial charge in [-0.3, -0.25) is 0 Å². The van der Waals surface area contributed by atoms with Crippen molar-refractivity contribution in [3.05, 3.63) is 88.8 Å². The number of halogens is 1. The topological polar surface area (TPSA) is 67.0 Å². The third-order valence-electron chi connectivity index (χ3n) is 5.39. The number of benzene rings is 3. The maximum absolute atomic E-state index is 12.4. The zero-order valence-electron chi connectivity index (χ0n) is 18.0. The number of amides is 1. The van der Waals surface area contributed by atoms with Gasteiger partial charge in [0.15, 0.2) is 0 Å². The van der Waals surface area contributed by atoms with Crippen LogP contribution in [0.4, 0.5) is 4.79 Å². The maximum atomic E-state index is 12.4. The van der Waals surface area contributed by atoms with E-state index in [0.29, 0.717) is 0 Å². The Morgan fingerprint density at radius 3 is 2.69 bits per heavy atom. The second kappa shape index (κ2) is 10.5. The number of carbonyl (C=O) groups is 1. The van der Waals surface area contributed by atoms with E-state index in [4.69, 9.17) is 4.74 Å². The van der Waals surface area contributed by atoms with E-state index in [2.05, 4.69) is 68.5 Å². The van der Waals surface area contributed by atoms with Crippen molar-refractivity contribution in [3.8, 4) is 11.3 Å². The van der Waals surface area contributed by atoms with Gasteiger partial charge < -0.3 is 15.0 Å². The summed E-state index contributed by atoms with van der Waals surface area (Å²) < 4.78 is 6.47. The minimum atomic E-state index is -0.441. The van der Waals surface area contributed by atoms with Gasteiger partial charge in [-0.05, 0) is 41.0 Å². The molecule has 164 valence electrons.